The minimum Gasteiger partial charge on any atom is -0.464 e. The minimum atomic E-state index is -0.418. The second-order valence-corrected chi connectivity index (χ2v) is 7.64. The monoisotopic (exact) mass is 380 g/mol. The second-order valence-electron chi connectivity index (χ2n) is 5.45. The van der Waals surface area contributed by atoms with Gasteiger partial charge in [0.15, 0.2) is 5.69 Å². The number of benzene rings is 1. The van der Waals surface area contributed by atoms with Crippen LogP contribution in [0.25, 0.3) is 10.9 Å². The first-order valence-corrected chi connectivity index (χ1v) is 9.06. The summed E-state index contributed by atoms with van der Waals surface area (Å²) in [5.74, 6) is -0.418. The smallest absolute Gasteiger partial charge is 0.356 e. The molecule has 0 spiro atoms. The number of halogens is 1. The molecule has 1 N–H and O–H groups in total. The summed E-state index contributed by atoms with van der Waals surface area (Å²) in [4.78, 5) is 16.2. The number of hydrogen-bond acceptors (Lipinski definition) is 5. The lowest BCUT2D eigenvalue weighted by Gasteiger charge is -2.16. The van der Waals surface area contributed by atoms with Crippen molar-refractivity contribution in [1.29, 1.82) is 0 Å². The van der Waals surface area contributed by atoms with Crippen LogP contribution in [0, 0.1) is 0 Å². The molecule has 1 aliphatic rings. The predicted octanol–water partition coefficient (Wildman–Crippen LogP) is 4.09. The summed E-state index contributed by atoms with van der Waals surface area (Å²) < 4.78 is 6.13. The van der Waals surface area contributed by atoms with Gasteiger partial charge in [-0.2, -0.15) is 11.8 Å². The topological polar surface area (TPSA) is 51.2 Å². The number of carbonyl (C=O) groups excluding carboxylic acids is 1. The lowest BCUT2D eigenvalue weighted by Crippen LogP contribution is -2.18. The van der Waals surface area contributed by atoms with Gasteiger partial charge >= 0.3 is 5.97 Å². The Labute approximate surface area is 142 Å². The molecule has 0 atom stereocenters. The molecule has 4 nitrogen and oxygen atoms in total. The molecule has 0 amide bonds. The minimum absolute atomic E-state index is 0.328. The number of nitrogens with zero attached hydrogens (tertiary/aromatic N) is 1. The van der Waals surface area contributed by atoms with Crippen molar-refractivity contribution in [2.45, 2.75) is 17.6 Å². The number of methoxy groups -OCH3 is 1. The molecule has 1 aromatic heterocycles. The molecule has 1 heterocycles. The molecule has 0 aliphatic heterocycles. The Balaban J connectivity index is 2.00. The van der Waals surface area contributed by atoms with Crippen LogP contribution in [0.1, 0.15) is 23.3 Å². The molecule has 3 rings (SSSR count). The van der Waals surface area contributed by atoms with Gasteiger partial charge in [0.25, 0.3) is 0 Å². The number of anilines is 1. The Kier molecular flexibility index (Phi) is 4.32. The Morgan fingerprint density at radius 3 is 2.86 bits per heavy atom. The van der Waals surface area contributed by atoms with Gasteiger partial charge in [0.2, 0.25) is 0 Å². The highest BCUT2D eigenvalue weighted by atomic mass is 79.9. The summed E-state index contributed by atoms with van der Waals surface area (Å²) in [7, 11) is 1.37. The Morgan fingerprint density at radius 2 is 2.23 bits per heavy atom. The van der Waals surface area contributed by atoms with Gasteiger partial charge < -0.3 is 10.1 Å². The summed E-state index contributed by atoms with van der Waals surface area (Å²) >= 11 is 5.40. The number of aromatic nitrogens is 1. The highest BCUT2D eigenvalue weighted by molar-refractivity contribution is 9.10. The third-order valence-corrected chi connectivity index (χ3v) is 5.92. The van der Waals surface area contributed by atoms with Crippen molar-refractivity contribution < 1.29 is 9.53 Å². The zero-order valence-electron chi connectivity index (χ0n) is 12.5. The fourth-order valence-corrected chi connectivity index (χ4v) is 3.49. The van der Waals surface area contributed by atoms with Crippen LogP contribution in [0.2, 0.25) is 0 Å². The van der Waals surface area contributed by atoms with Crippen molar-refractivity contribution >= 4 is 50.3 Å². The van der Waals surface area contributed by atoms with Gasteiger partial charge in [0.1, 0.15) is 0 Å². The van der Waals surface area contributed by atoms with E-state index in [2.05, 4.69) is 32.5 Å². The van der Waals surface area contributed by atoms with E-state index in [1.165, 1.54) is 20.0 Å². The van der Waals surface area contributed by atoms with Crippen LogP contribution in [0.15, 0.2) is 28.7 Å². The van der Waals surface area contributed by atoms with E-state index in [0.29, 0.717) is 10.4 Å². The summed E-state index contributed by atoms with van der Waals surface area (Å²) in [6, 6.07) is 7.62. The number of hydrogen-bond donors (Lipinski definition) is 1. The zero-order valence-corrected chi connectivity index (χ0v) is 14.9. The number of nitrogens with one attached hydrogen (secondary N) is 1. The predicted molar refractivity (Wildman–Crippen MR) is 94.8 cm³/mol. The van der Waals surface area contributed by atoms with Crippen molar-refractivity contribution in [1.82, 2.24) is 4.98 Å². The highest BCUT2D eigenvalue weighted by Crippen LogP contribution is 2.47. The van der Waals surface area contributed by atoms with Gasteiger partial charge in [-0.3, -0.25) is 0 Å². The molecular weight excluding hydrogens is 364 g/mol. The summed E-state index contributed by atoms with van der Waals surface area (Å²) in [5, 5.41) is 4.50. The van der Waals surface area contributed by atoms with E-state index in [1.54, 1.807) is 6.07 Å². The maximum Gasteiger partial charge on any atom is 0.356 e. The average Bonchev–Trinajstić information content (AvgIpc) is 3.32. The van der Waals surface area contributed by atoms with Crippen molar-refractivity contribution in [3.05, 3.63) is 34.4 Å². The van der Waals surface area contributed by atoms with E-state index in [-0.39, 0.29) is 0 Å². The highest BCUT2D eigenvalue weighted by Gasteiger charge is 2.41. The molecule has 6 heteroatoms. The van der Waals surface area contributed by atoms with Crippen LogP contribution in [-0.2, 0) is 4.74 Å². The molecule has 1 saturated carbocycles. The molecule has 0 unspecified atom stereocenters. The SMILES string of the molecule is COC(=O)c1cc(NCC2(SC)CC2)c2cc(Br)ccc2n1. The van der Waals surface area contributed by atoms with E-state index in [1.807, 2.05) is 30.0 Å². The van der Waals surface area contributed by atoms with E-state index >= 15 is 0 Å². The molecule has 2 aromatic rings. The molecular formula is C16H17BrN2O2S. The molecule has 22 heavy (non-hydrogen) atoms. The first-order valence-electron chi connectivity index (χ1n) is 7.04. The standard InChI is InChI=1S/C16H17BrN2O2S/c1-21-15(20)14-8-13(18-9-16(22-2)5-6-16)11-7-10(17)3-4-12(11)19-14/h3-4,7-8H,5-6,9H2,1-2H3,(H,18,19). The van der Waals surface area contributed by atoms with E-state index in [0.717, 1.165) is 27.6 Å². The number of thioether (sulfide) groups is 1. The van der Waals surface area contributed by atoms with Crippen molar-refractivity contribution in [2.24, 2.45) is 0 Å². The Hall–Kier alpha value is -1.27. The molecule has 1 aliphatic carbocycles. The van der Waals surface area contributed by atoms with Crippen molar-refractivity contribution in [3.8, 4) is 0 Å². The number of rotatable bonds is 5. The number of carbonyl (C=O) groups is 1. The number of ether oxygens (including phenoxy) is 1. The second kappa shape index (κ2) is 6.08. The number of fused-ring (bicyclic) bond motifs is 1. The largest absolute Gasteiger partial charge is 0.464 e. The van der Waals surface area contributed by atoms with Gasteiger partial charge in [-0.1, -0.05) is 15.9 Å². The zero-order chi connectivity index (χ0) is 15.7. The van der Waals surface area contributed by atoms with E-state index in [4.69, 9.17) is 4.74 Å². The van der Waals surface area contributed by atoms with E-state index < -0.39 is 5.97 Å². The van der Waals surface area contributed by atoms with Gasteiger partial charge in [0, 0.05) is 26.8 Å². The number of pyridine rings is 1. The molecule has 0 radical (unpaired) electrons. The summed E-state index contributed by atoms with van der Waals surface area (Å²) in [5.41, 5.74) is 2.03. The summed E-state index contributed by atoms with van der Waals surface area (Å²) in [6.07, 6.45) is 4.62. The maximum absolute atomic E-state index is 11.8. The van der Waals surface area contributed by atoms with Crippen LogP contribution >= 0.6 is 27.7 Å². The maximum atomic E-state index is 11.8. The lowest BCUT2D eigenvalue weighted by atomic mass is 10.1. The Bertz CT molecular complexity index is 731. The van der Waals surface area contributed by atoms with Crippen LogP contribution in [-0.4, -0.2) is 35.6 Å². The van der Waals surface area contributed by atoms with Gasteiger partial charge in [-0.25, -0.2) is 9.78 Å². The Morgan fingerprint density at radius 1 is 1.45 bits per heavy atom. The quantitative estimate of drug-likeness (QED) is 0.791. The van der Waals surface area contributed by atoms with Crippen LogP contribution in [0.5, 0.6) is 0 Å². The van der Waals surface area contributed by atoms with Crippen molar-refractivity contribution in [2.75, 3.05) is 25.2 Å². The summed E-state index contributed by atoms with van der Waals surface area (Å²) in [6.45, 7) is 0.889. The van der Waals surface area contributed by atoms with Gasteiger partial charge in [-0.15, -0.1) is 0 Å². The fraction of sp³-hybridized carbons (Fsp3) is 0.375. The molecule has 1 fully saturated rings. The molecule has 116 valence electrons. The third-order valence-electron chi connectivity index (χ3n) is 4.01. The van der Waals surface area contributed by atoms with Crippen LogP contribution in [0.3, 0.4) is 0 Å². The van der Waals surface area contributed by atoms with Gasteiger partial charge in [-0.05, 0) is 43.4 Å². The molecule has 1 aromatic carbocycles. The fourth-order valence-electron chi connectivity index (χ4n) is 2.40. The third kappa shape index (κ3) is 3.08. The first-order chi connectivity index (χ1) is 10.6. The lowest BCUT2D eigenvalue weighted by molar-refractivity contribution is 0.0594. The molecule has 0 bridgehead atoms. The average molecular weight is 381 g/mol. The van der Waals surface area contributed by atoms with Crippen LogP contribution < -0.4 is 5.32 Å². The van der Waals surface area contributed by atoms with Gasteiger partial charge in [0.05, 0.1) is 12.6 Å². The van der Waals surface area contributed by atoms with Crippen molar-refractivity contribution in [3.63, 3.8) is 0 Å². The number of esters is 1. The normalized spacial score (nSPS) is 15.6. The molecule has 0 saturated heterocycles. The van der Waals surface area contributed by atoms with E-state index in [9.17, 15) is 4.79 Å². The first kappa shape index (κ1) is 15.6. The van der Waals surface area contributed by atoms with Crippen LogP contribution in [0.4, 0.5) is 5.69 Å².